The van der Waals surface area contributed by atoms with E-state index in [1.807, 2.05) is 6.07 Å². The van der Waals surface area contributed by atoms with Crippen LogP contribution in [0, 0.1) is 22.7 Å². The lowest BCUT2D eigenvalue weighted by atomic mass is 9.85. The Bertz CT molecular complexity index is 1170. The van der Waals surface area contributed by atoms with Crippen LogP contribution in [0.1, 0.15) is 54.1 Å². The van der Waals surface area contributed by atoms with E-state index in [1.165, 1.54) is 17.2 Å². The molecule has 1 amide bonds. The number of hydrogen-bond acceptors (Lipinski definition) is 6. The smallest absolute Gasteiger partial charge is 0.251 e. The number of hydrogen-bond donors (Lipinski definition) is 1. The van der Waals surface area contributed by atoms with E-state index in [0.717, 1.165) is 0 Å². The normalized spacial score (nSPS) is 11.9. The van der Waals surface area contributed by atoms with Crippen LogP contribution < -0.4 is 5.32 Å². The fourth-order valence-electron chi connectivity index (χ4n) is 2.79. The number of halogens is 1. The number of nitriles is 2. The van der Waals surface area contributed by atoms with E-state index < -0.39 is 11.5 Å². The molecule has 2 heterocycles. The van der Waals surface area contributed by atoms with Gasteiger partial charge in [-0.1, -0.05) is 11.6 Å². The van der Waals surface area contributed by atoms with Crippen LogP contribution in [0.25, 0.3) is 5.82 Å². The third-order valence-corrected chi connectivity index (χ3v) is 4.78. The molecule has 0 spiro atoms. The van der Waals surface area contributed by atoms with E-state index in [1.54, 1.807) is 51.1 Å². The van der Waals surface area contributed by atoms with Crippen molar-refractivity contribution in [1.82, 2.24) is 25.1 Å². The van der Waals surface area contributed by atoms with Crippen molar-refractivity contribution in [2.24, 2.45) is 0 Å². The lowest BCUT2D eigenvalue weighted by molar-refractivity contribution is 0.0937. The van der Waals surface area contributed by atoms with Gasteiger partial charge in [-0.15, -0.1) is 0 Å². The molecule has 0 saturated carbocycles. The Morgan fingerprint density at radius 2 is 2.00 bits per heavy atom. The molecule has 0 aliphatic heterocycles. The first-order valence-electron chi connectivity index (χ1n) is 9.05. The number of amides is 1. The zero-order valence-electron chi connectivity index (χ0n) is 16.6. The number of carbonyl (C=O) groups is 1. The number of nitrogens with one attached hydrogen (secondary N) is 1. The molecule has 9 heteroatoms. The first kappa shape index (κ1) is 21.0. The lowest BCUT2D eigenvalue weighted by Crippen LogP contribution is -2.29. The summed E-state index contributed by atoms with van der Waals surface area (Å²) < 4.78 is 1.49. The average Bonchev–Trinajstić information content (AvgIpc) is 3.23. The van der Waals surface area contributed by atoms with E-state index in [2.05, 4.69) is 26.5 Å². The molecule has 0 aliphatic carbocycles. The van der Waals surface area contributed by atoms with Crippen LogP contribution in [0.3, 0.4) is 0 Å². The molecule has 0 bridgehead atoms. The van der Waals surface area contributed by atoms with E-state index in [0.29, 0.717) is 33.4 Å². The molecule has 0 saturated heterocycles. The standard InChI is InChI=1S/C21H18ClN7O/c1-13(19-26-12-27-29(19)18-5-4-14(9-23)10-25-18)28-20(30)15-6-16(8-17(22)7-15)21(2,3)11-24/h4-8,10,12-13H,1-3H3,(H,28,30)/t13-/m0/s1. The van der Waals surface area contributed by atoms with Crippen molar-refractivity contribution < 1.29 is 4.79 Å². The van der Waals surface area contributed by atoms with Crippen LogP contribution in [-0.2, 0) is 5.41 Å². The van der Waals surface area contributed by atoms with Crippen molar-refractivity contribution in [2.75, 3.05) is 0 Å². The third kappa shape index (κ3) is 4.29. The highest BCUT2D eigenvalue weighted by Crippen LogP contribution is 2.27. The monoisotopic (exact) mass is 419 g/mol. The summed E-state index contributed by atoms with van der Waals surface area (Å²) in [6.07, 6.45) is 2.80. The molecule has 3 aromatic rings. The van der Waals surface area contributed by atoms with Crippen molar-refractivity contribution in [2.45, 2.75) is 32.2 Å². The Labute approximate surface area is 178 Å². The SMILES string of the molecule is C[C@H](NC(=O)c1cc(Cl)cc(C(C)(C)C#N)c1)c1ncnn1-c1ccc(C#N)cn1. The van der Waals surface area contributed by atoms with Gasteiger partial charge in [0, 0.05) is 16.8 Å². The summed E-state index contributed by atoms with van der Waals surface area (Å²) in [6, 6.07) is 11.9. The van der Waals surface area contributed by atoms with Crippen molar-refractivity contribution in [3.63, 3.8) is 0 Å². The molecule has 2 aromatic heterocycles. The maximum Gasteiger partial charge on any atom is 0.251 e. The molecular formula is C21H18ClN7O. The molecule has 0 fully saturated rings. The van der Waals surface area contributed by atoms with Crippen LogP contribution in [0.2, 0.25) is 5.02 Å². The Morgan fingerprint density at radius 1 is 1.23 bits per heavy atom. The van der Waals surface area contributed by atoms with Gasteiger partial charge in [-0.05, 0) is 56.7 Å². The van der Waals surface area contributed by atoms with E-state index in [9.17, 15) is 10.1 Å². The fraction of sp³-hybridized carbons (Fsp3) is 0.238. The molecule has 3 rings (SSSR count). The van der Waals surface area contributed by atoms with E-state index in [4.69, 9.17) is 16.9 Å². The minimum absolute atomic E-state index is 0.343. The zero-order valence-corrected chi connectivity index (χ0v) is 17.3. The maximum atomic E-state index is 12.8. The van der Waals surface area contributed by atoms with Crippen LogP contribution >= 0.6 is 11.6 Å². The first-order valence-corrected chi connectivity index (χ1v) is 9.42. The van der Waals surface area contributed by atoms with Crippen molar-refractivity contribution in [1.29, 1.82) is 10.5 Å². The van der Waals surface area contributed by atoms with Gasteiger partial charge in [-0.2, -0.15) is 20.3 Å². The number of rotatable bonds is 5. The van der Waals surface area contributed by atoms with E-state index in [-0.39, 0.29) is 5.91 Å². The lowest BCUT2D eigenvalue weighted by Gasteiger charge is -2.18. The highest BCUT2D eigenvalue weighted by molar-refractivity contribution is 6.31. The van der Waals surface area contributed by atoms with Crippen molar-refractivity contribution in [3.8, 4) is 18.0 Å². The average molecular weight is 420 g/mol. The summed E-state index contributed by atoms with van der Waals surface area (Å²) in [4.78, 5) is 21.3. The molecule has 1 aromatic carbocycles. The van der Waals surface area contributed by atoms with Crippen LogP contribution in [-0.4, -0.2) is 25.7 Å². The van der Waals surface area contributed by atoms with Gasteiger partial charge in [-0.3, -0.25) is 4.79 Å². The van der Waals surface area contributed by atoms with Gasteiger partial charge in [0.2, 0.25) is 0 Å². The summed E-state index contributed by atoms with van der Waals surface area (Å²) in [5, 5.41) is 25.7. The summed E-state index contributed by atoms with van der Waals surface area (Å²) in [6.45, 7) is 5.29. The predicted molar refractivity (Wildman–Crippen MR) is 110 cm³/mol. The summed E-state index contributed by atoms with van der Waals surface area (Å²) in [5.41, 5.74) is 0.641. The molecular weight excluding hydrogens is 402 g/mol. The molecule has 8 nitrogen and oxygen atoms in total. The predicted octanol–water partition coefficient (Wildman–Crippen LogP) is 3.48. The molecule has 150 valence electrons. The topological polar surface area (TPSA) is 120 Å². The number of aromatic nitrogens is 4. The molecule has 0 unspecified atom stereocenters. The highest BCUT2D eigenvalue weighted by Gasteiger charge is 2.23. The largest absolute Gasteiger partial charge is 0.342 e. The second-order valence-corrected chi connectivity index (χ2v) is 7.64. The van der Waals surface area contributed by atoms with Gasteiger partial charge < -0.3 is 5.32 Å². The number of pyridine rings is 1. The molecule has 1 N–H and O–H groups in total. The molecule has 1 atom stereocenters. The fourth-order valence-corrected chi connectivity index (χ4v) is 3.03. The molecule has 0 aliphatic rings. The Balaban J connectivity index is 1.85. The Morgan fingerprint density at radius 3 is 2.63 bits per heavy atom. The second kappa shape index (κ2) is 8.32. The number of benzene rings is 1. The quantitative estimate of drug-likeness (QED) is 0.675. The summed E-state index contributed by atoms with van der Waals surface area (Å²) >= 11 is 6.18. The number of nitrogens with zero attached hydrogens (tertiary/aromatic N) is 6. The van der Waals surface area contributed by atoms with Crippen molar-refractivity contribution >= 4 is 17.5 Å². The van der Waals surface area contributed by atoms with Gasteiger partial charge in [0.15, 0.2) is 11.6 Å². The maximum absolute atomic E-state index is 12.8. The van der Waals surface area contributed by atoms with Crippen molar-refractivity contribution in [3.05, 3.63) is 70.4 Å². The zero-order chi connectivity index (χ0) is 21.9. The van der Waals surface area contributed by atoms with Gasteiger partial charge in [0.05, 0.1) is 23.1 Å². The highest BCUT2D eigenvalue weighted by atomic mass is 35.5. The Hall–Kier alpha value is -3.75. The Kier molecular flexibility index (Phi) is 5.81. The summed E-state index contributed by atoms with van der Waals surface area (Å²) in [5.74, 6) is 0.589. The minimum atomic E-state index is -0.785. The van der Waals surface area contributed by atoms with Crippen LogP contribution in [0.15, 0.2) is 42.9 Å². The van der Waals surface area contributed by atoms with Gasteiger partial charge in [0.1, 0.15) is 12.4 Å². The van der Waals surface area contributed by atoms with Gasteiger partial charge in [0.25, 0.3) is 5.91 Å². The summed E-state index contributed by atoms with van der Waals surface area (Å²) in [7, 11) is 0. The van der Waals surface area contributed by atoms with Crippen LogP contribution in [0.5, 0.6) is 0 Å². The molecule has 30 heavy (non-hydrogen) atoms. The number of carbonyl (C=O) groups excluding carboxylic acids is 1. The van der Waals surface area contributed by atoms with E-state index >= 15 is 0 Å². The molecule has 0 radical (unpaired) electrons. The van der Waals surface area contributed by atoms with Crippen LogP contribution in [0.4, 0.5) is 0 Å². The minimum Gasteiger partial charge on any atom is -0.342 e. The third-order valence-electron chi connectivity index (χ3n) is 4.56. The second-order valence-electron chi connectivity index (χ2n) is 7.21. The first-order chi connectivity index (χ1) is 14.2. The van der Waals surface area contributed by atoms with Gasteiger partial charge >= 0.3 is 0 Å². The van der Waals surface area contributed by atoms with Gasteiger partial charge in [-0.25, -0.2) is 9.97 Å².